The van der Waals surface area contributed by atoms with Gasteiger partial charge in [-0.25, -0.2) is 4.98 Å². The summed E-state index contributed by atoms with van der Waals surface area (Å²) in [5.74, 6) is -0.0893. The predicted octanol–water partition coefficient (Wildman–Crippen LogP) is 4.61. The van der Waals surface area contributed by atoms with Crippen LogP contribution in [-0.4, -0.2) is 41.0 Å². The largest absolute Gasteiger partial charge is 0.385 e. The molecule has 1 aliphatic carbocycles. The molecule has 4 rings (SSSR count). The molecule has 6 nitrogen and oxygen atoms in total. The topological polar surface area (TPSA) is 73.2 Å². The van der Waals surface area contributed by atoms with Gasteiger partial charge in [0.2, 0.25) is 5.91 Å². The summed E-state index contributed by atoms with van der Waals surface area (Å²) in [5.41, 5.74) is 1.77. The van der Waals surface area contributed by atoms with Gasteiger partial charge in [0, 0.05) is 30.2 Å². The zero-order valence-corrected chi connectivity index (χ0v) is 20.5. The van der Waals surface area contributed by atoms with Crippen LogP contribution in [0.2, 0.25) is 5.02 Å². The third-order valence-corrected chi connectivity index (χ3v) is 8.01. The molecule has 0 saturated heterocycles. The monoisotopic (exact) mass is 491 g/mol. The predicted molar refractivity (Wildman–Crippen MR) is 132 cm³/mol. The molecule has 2 aromatic heterocycles. The summed E-state index contributed by atoms with van der Waals surface area (Å²) < 4.78 is 6.65. The second-order valence-corrected chi connectivity index (χ2v) is 10.6. The van der Waals surface area contributed by atoms with Gasteiger partial charge in [-0.3, -0.25) is 14.2 Å². The van der Waals surface area contributed by atoms with E-state index in [0.717, 1.165) is 47.9 Å². The van der Waals surface area contributed by atoms with Crippen molar-refractivity contribution in [3.63, 3.8) is 0 Å². The van der Waals surface area contributed by atoms with E-state index in [-0.39, 0.29) is 11.5 Å². The van der Waals surface area contributed by atoms with Gasteiger partial charge in [0.15, 0.2) is 5.16 Å². The highest BCUT2D eigenvalue weighted by molar-refractivity contribution is 8.00. The van der Waals surface area contributed by atoms with E-state index in [1.807, 2.05) is 19.1 Å². The summed E-state index contributed by atoms with van der Waals surface area (Å²) >= 11 is 8.99. The van der Waals surface area contributed by atoms with E-state index >= 15 is 0 Å². The van der Waals surface area contributed by atoms with Crippen molar-refractivity contribution in [1.29, 1.82) is 0 Å². The van der Waals surface area contributed by atoms with Crippen molar-refractivity contribution >= 4 is 50.8 Å². The molecule has 1 aliphatic rings. The molecule has 0 spiro atoms. The molecule has 1 unspecified atom stereocenters. The zero-order chi connectivity index (χ0) is 22.7. The molecule has 32 heavy (non-hydrogen) atoms. The first kappa shape index (κ1) is 23.3. The first-order chi connectivity index (χ1) is 15.5. The van der Waals surface area contributed by atoms with Crippen molar-refractivity contribution in [2.75, 3.05) is 20.3 Å². The highest BCUT2D eigenvalue weighted by atomic mass is 35.5. The minimum absolute atomic E-state index is 0.0769. The van der Waals surface area contributed by atoms with E-state index in [2.05, 4.69) is 5.32 Å². The fourth-order valence-corrected chi connectivity index (χ4v) is 6.25. The number of hydrogen-bond acceptors (Lipinski definition) is 6. The lowest BCUT2D eigenvalue weighted by atomic mass is 9.97. The Labute approximate surface area is 200 Å². The second kappa shape index (κ2) is 10.4. The summed E-state index contributed by atoms with van der Waals surface area (Å²) in [6, 6.07) is 7.15. The maximum atomic E-state index is 13.7. The standard InChI is InChI=1S/C23H26ClN3O3S2/c1-14(20(28)25-12-5-13-30-2)31-23-26-21-19(17-6-3-4-7-18(17)32-21)22(29)27(23)16-10-8-15(24)9-11-16/h8-11,14H,3-7,12-13H2,1-2H3,(H,25,28). The van der Waals surface area contributed by atoms with Crippen LogP contribution < -0.4 is 10.9 Å². The van der Waals surface area contributed by atoms with Crippen LogP contribution in [0.25, 0.3) is 15.9 Å². The number of nitrogens with zero attached hydrogens (tertiary/aromatic N) is 2. The summed E-state index contributed by atoms with van der Waals surface area (Å²) in [6.45, 7) is 2.98. The number of carbonyl (C=O) groups is 1. The number of aryl methyl sites for hydroxylation is 2. The average molecular weight is 492 g/mol. The van der Waals surface area contributed by atoms with Crippen LogP contribution in [-0.2, 0) is 22.4 Å². The Hall–Kier alpha value is -1.87. The maximum absolute atomic E-state index is 13.7. The fraction of sp³-hybridized carbons (Fsp3) is 0.435. The van der Waals surface area contributed by atoms with Gasteiger partial charge in [-0.1, -0.05) is 23.4 Å². The minimum atomic E-state index is -0.407. The van der Waals surface area contributed by atoms with Crippen LogP contribution in [0.4, 0.5) is 0 Å². The Bertz CT molecular complexity index is 1170. The lowest BCUT2D eigenvalue weighted by Gasteiger charge is -2.16. The number of amides is 1. The van der Waals surface area contributed by atoms with Gasteiger partial charge in [0.25, 0.3) is 5.56 Å². The molecule has 9 heteroatoms. The molecule has 0 fully saturated rings. The number of halogens is 1. The molecule has 0 aliphatic heterocycles. The molecule has 1 amide bonds. The normalized spacial score (nSPS) is 14.3. The number of ether oxygens (including phenoxy) is 1. The Morgan fingerprint density at radius 1 is 1.31 bits per heavy atom. The maximum Gasteiger partial charge on any atom is 0.267 e. The van der Waals surface area contributed by atoms with E-state index in [9.17, 15) is 9.59 Å². The van der Waals surface area contributed by atoms with E-state index in [1.165, 1.54) is 16.6 Å². The van der Waals surface area contributed by atoms with Crippen molar-refractivity contribution < 1.29 is 9.53 Å². The Kier molecular flexibility index (Phi) is 7.55. The molecule has 1 atom stereocenters. The van der Waals surface area contributed by atoms with E-state index < -0.39 is 5.25 Å². The van der Waals surface area contributed by atoms with Crippen molar-refractivity contribution in [2.45, 2.75) is 49.4 Å². The molecule has 0 bridgehead atoms. The van der Waals surface area contributed by atoms with Gasteiger partial charge in [0.1, 0.15) is 4.83 Å². The van der Waals surface area contributed by atoms with E-state index in [4.69, 9.17) is 21.3 Å². The Balaban J connectivity index is 1.73. The number of fused-ring (bicyclic) bond motifs is 3. The second-order valence-electron chi connectivity index (χ2n) is 7.80. The van der Waals surface area contributed by atoms with Crippen molar-refractivity contribution in [1.82, 2.24) is 14.9 Å². The highest BCUT2D eigenvalue weighted by Gasteiger charge is 2.25. The van der Waals surface area contributed by atoms with Gasteiger partial charge in [-0.15, -0.1) is 11.3 Å². The Morgan fingerprint density at radius 2 is 2.06 bits per heavy atom. The number of carbonyl (C=O) groups excluding carboxylic acids is 1. The first-order valence-corrected chi connectivity index (χ1v) is 12.8. The molecule has 170 valence electrons. The number of benzene rings is 1. The molecule has 2 heterocycles. The fourth-order valence-electron chi connectivity index (χ4n) is 3.87. The number of thiophene rings is 1. The van der Waals surface area contributed by atoms with Gasteiger partial charge < -0.3 is 10.1 Å². The molecule has 3 aromatic rings. The van der Waals surface area contributed by atoms with Gasteiger partial charge in [-0.2, -0.15) is 0 Å². The summed E-state index contributed by atoms with van der Waals surface area (Å²) in [5, 5.41) is 4.36. The van der Waals surface area contributed by atoms with E-state index in [1.54, 1.807) is 35.1 Å². The molecule has 1 N–H and O–H groups in total. The number of rotatable bonds is 8. The Morgan fingerprint density at radius 3 is 2.81 bits per heavy atom. The summed E-state index contributed by atoms with van der Waals surface area (Å²) in [6.07, 6.45) is 4.91. The average Bonchev–Trinajstić information content (AvgIpc) is 3.16. The number of methoxy groups -OCH3 is 1. The van der Waals surface area contributed by atoms with Crippen LogP contribution >= 0.6 is 34.7 Å². The molecular weight excluding hydrogens is 466 g/mol. The minimum Gasteiger partial charge on any atom is -0.385 e. The highest BCUT2D eigenvalue weighted by Crippen LogP contribution is 2.35. The third kappa shape index (κ3) is 4.88. The third-order valence-electron chi connectivity index (χ3n) is 5.52. The number of thioether (sulfide) groups is 1. The number of hydrogen-bond donors (Lipinski definition) is 1. The number of nitrogens with one attached hydrogen (secondary N) is 1. The zero-order valence-electron chi connectivity index (χ0n) is 18.2. The number of aromatic nitrogens is 2. The van der Waals surface area contributed by atoms with Crippen LogP contribution in [0.5, 0.6) is 0 Å². The van der Waals surface area contributed by atoms with E-state index in [0.29, 0.717) is 29.0 Å². The molecule has 1 aromatic carbocycles. The smallest absolute Gasteiger partial charge is 0.267 e. The van der Waals surface area contributed by atoms with Crippen LogP contribution in [0.15, 0.2) is 34.2 Å². The van der Waals surface area contributed by atoms with Crippen LogP contribution in [0.1, 0.15) is 36.6 Å². The lowest BCUT2D eigenvalue weighted by Crippen LogP contribution is -2.33. The molecule has 0 radical (unpaired) electrons. The summed E-state index contributed by atoms with van der Waals surface area (Å²) in [4.78, 5) is 33.3. The van der Waals surface area contributed by atoms with Gasteiger partial charge in [0.05, 0.1) is 16.3 Å². The molecular formula is C23H26ClN3O3S2. The first-order valence-electron chi connectivity index (χ1n) is 10.8. The van der Waals surface area contributed by atoms with Crippen molar-refractivity contribution in [3.05, 3.63) is 50.1 Å². The van der Waals surface area contributed by atoms with Crippen molar-refractivity contribution in [3.8, 4) is 5.69 Å². The molecule has 0 saturated carbocycles. The lowest BCUT2D eigenvalue weighted by molar-refractivity contribution is -0.120. The van der Waals surface area contributed by atoms with Crippen molar-refractivity contribution in [2.24, 2.45) is 0 Å². The van der Waals surface area contributed by atoms with Crippen LogP contribution in [0.3, 0.4) is 0 Å². The SMILES string of the molecule is COCCCNC(=O)C(C)Sc1nc2sc3c(c2c(=O)n1-c1ccc(Cl)cc1)CCCC3. The van der Waals surface area contributed by atoms with Gasteiger partial charge >= 0.3 is 0 Å². The quantitative estimate of drug-likeness (QED) is 0.283. The van der Waals surface area contributed by atoms with Gasteiger partial charge in [-0.05, 0) is 68.9 Å². The summed E-state index contributed by atoms with van der Waals surface area (Å²) in [7, 11) is 1.64. The van der Waals surface area contributed by atoms with Crippen LogP contribution in [0, 0.1) is 0 Å².